The first-order valence-corrected chi connectivity index (χ1v) is 6.56. The van der Waals surface area contributed by atoms with E-state index in [-0.39, 0.29) is 0 Å². The number of azide groups is 1. The number of halogens is 1. The zero-order chi connectivity index (χ0) is 13.2. The first kappa shape index (κ1) is 12.0. The molecule has 1 aromatic heterocycles. The Morgan fingerprint density at radius 3 is 2.89 bits per heavy atom. The molecule has 0 radical (unpaired) electrons. The predicted octanol–water partition coefficient (Wildman–Crippen LogP) is 5.04. The SMILES string of the molecule is [N-]=[N+]=Nc1ccc2oc(-c3cccc(I)c3)nc2c1. The Labute approximate surface area is 122 Å². The fourth-order valence-corrected chi connectivity index (χ4v) is 2.32. The molecule has 0 saturated carbocycles. The lowest BCUT2D eigenvalue weighted by Gasteiger charge is -1.94. The molecule has 0 fully saturated rings. The number of benzene rings is 2. The van der Waals surface area contributed by atoms with Gasteiger partial charge in [-0.05, 0) is 64.5 Å². The average Bonchev–Trinajstić information content (AvgIpc) is 2.82. The zero-order valence-electron chi connectivity index (χ0n) is 9.62. The number of hydrogen-bond donors (Lipinski definition) is 0. The molecule has 92 valence electrons. The van der Waals surface area contributed by atoms with Crippen molar-refractivity contribution in [3.63, 3.8) is 0 Å². The van der Waals surface area contributed by atoms with Crippen LogP contribution in [-0.2, 0) is 0 Å². The van der Waals surface area contributed by atoms with E-state index in [0.717, 1.165) is 9.13 Å². The molecule has 0 aliphatic heterocycles. The van der Waals surface area contributed by atoms with Crippen LogP contribution in [-0.4, -0.2) is 4.98 Å². The number of aromatic nitrogens is 1. The van der Waals surface area contributed by atoms with Crippen molar-refractivity contribution in [2.45, 2.75) is 0 Å². The van der Waals surface area contributed by atoms with Crippen molar-refractivity contribution >= 4 is 39.4 Å². The van der Waals surface area contributed by atoms with Crippen molar-refractivity contribution in [2.75, 3.05) is 0 Å². The van der Waals surface area contributed by atoms with E-state index in [2.05, 4.69) is 37.6 Å². The average molecular weight is 362 g/mol. The number of rotatable bonds is 2. The molecule has 0 saturated heterocycles. The summed E-state index contributed by atoms with van der Waals surface area (Å²) in [6, 6.07) is 13.1. The van der Waals surface area contributed by atoms with Gasteiger partial charge in [-0.2, -0.15) is 0 Å². The lowest BCUT2D eigenvalue weighted by atomic mass is 10.2. The highest BCUT2D eigenvalue weighted by atomic mass is 127. The third-order valence-electron chi connectivity index (χ3n) is 2.60. The van der Waals surface area contributed by atoms with Crippen LogP contribution in [0.3, 0.4) is 0 Å². The minimum absolute atomic E-state index is 0.525. The maximum absolute atomic E-state index is 8.42. The first-order valence-electron chi connectivity index (χ1n) is 5.48. The number of oxazole rings is 1. The Balaban J connectivity index is 2.13. The lowest BCUT2D eigenvalue weighted by molar-refractivity contribution is 0.620. The molecular weight excluding hydrogens is 355 g/mol. The van der Waals surface area contributed by atoms with E-state index in [4.69, 9.17) is 9.95 Å². The summed E-state index contributed by atoms with van der Waals surface area (Å²) >= 11 is 2.24. The highest BCUT2D eigenvalue weighted by Crippen LogP contribution is 2.27. The van der Waals surface area contributed by atoms with Gasteiger partial charge in [-0.25, -0.2) is 4.98 Å². The van der Waals surface area contributed by atoms with Crippen molar-refractivity contribution in [3.05, 3.63) is 56.5 Å². The van der Waals surface area contributed by atoms with Gasteiger partial charge in [-0.1, -0.05) is 11.2 Å². The van der Waals surface area contributed by atoms with E-state index in [1.807, 2.05) is 24.3 Å². The molecule has 6 heteroatoms. The third-order valence-corrected chi connectivity index (χ3v) is 3.27. The van der Waals surface area contributed by atoms with Gasteiger partial charge in [0.25, 0.3) is 0 Å². The normalized spacial score (nSPS) is 10.4. The highest BCUT2D eigenvalue weighted by molar-refractivity contribution is 14.1. The van der Waals surface area contributed by atoms with Crippen LogP contribution >= 0.6 is 22.6 Å². The van der Waals surface area contributed by atoms with E-state index >= 15 is 0 Å². The molecule has 0 amide bonds. The monoisotopic (exact) mass is 362 g/mol. The number of hydrogen-bond acceptors (Lipinski definition) is 3. The smallest absolute Gasteiger partial charge is 0.227 e. The summed E-state index contributed by atoms with van der Waals surface area (Å²) in [4.78, 5) is 7.17. The summed E-state index contributed by atoms with van der Waals surface area (Å²) in [5.41, 5.74) is 11.2. The van der Waals surface area contributed by atoms with Gasteiger partial charge < -0.3 is 4.42 Å². The molecule has 0 aliphatic carbocycles. The standard InChI is InChI=1S/C13H7IN4O/c14-9-3-1-2-8(6-9)13-16-11-7-10(17-18-15)4-5-12(11)19-13/h1-7H. The quantitative estimate of drug-likeness (QED) is 0.277. The molecule has 3 rings (SSSR count). The molecule has 3 aromatic rings. The molecule has 0 N–H and O–H groups in total. The van der Waals surface area contributed by atoms with Crippen LogP contribution < -0.4 is 0 Å². The molecule has 5 nitrogen and oxygen atoms in total. The van der Waals surface area contributed by atoms with E-state index in [1.54, 1.807) is 18.2 Å². The molecule has 1 heterocycles. The maximum Gasteiger partial charge on any atom is 0.227 e. The highest BCUT2D eigenvalue weighted by Gasteiger charge is 2.08. The van der Waals surface area contributed by atoms with E-state index in [0.29, 0.717) is 22.7 Å². The van der Waals surface area contributed by atoms with E-state index < -0.39 is 0 Å². The molecular formula is C13H7IN4O. The van der Waals surface area contributed by atoms with Crippen molar-refractivity contribution in [3.8, 4) is 11.5 Å². The Morgan fingerprint density at radius 1 is 1.21 bits per heavy atom. The van der Waals surface area contributed by atoms with Crippen LogP contribution in [0.25, 0.3) is 33.0 Å². The summed E-state index contributed by atoms with van der Waals surface area (Å²) < 4.78 is 6.81. The zero-order valence-corrected chi connectivity index (χ0v) is 11.8. The van der Waals surface area contributed by atoms with Gasteiger partial charge in [-0.15, -0.1) is 0 Å². The fraction of sp³-hybridized carbons (Fsp3) is 0. The predicted molar refractivity (Wildman–Crippen MR) is 81.0 cm³/mol. The van der Waals surface area contributed by atoms with Crippen molar-refractivity contribution < 1.29 is 4.42 Å². The molecule has 0 bridgehead atoms. The lowest BCUT2D eigenvalue weighted by Crippen LogP contribution is -1.77. The molecule has 0 atom stereocenters. The number of fused-ring (bicyclic) bond motifs is 1. The molecule has 0 aliphatic rings. The minimum atomic E-state index is 0.525. The summed E-state index contributed by atoms with van der Waals surface area (Å²) in [5, 5.41) is 3.55. The summed E-state index contributed by atoms with van der Waals surface area (Å²) in [6.07, 6.45) is 0. The van der Waals surface area contributed by atoms with Crippen LogP contribution in [0.2, 0.25) is 0 Å². The van der Waals surface area contributed by atoms with Crippen LogP contribution in [0, 0.1) is 3.57 Å². The Bertz CT molecular complexity index is 805. The Kier molecular flexibility index (Phi) is 3.10. The fourth-order valence-electron chi connectivity index (χ4n) is 1.77. The van der Waals surface area contributed by atoms with Gasteiger partial charge in [0.1, 0.15) is 5.52 Å². The van der Waals surface area contributed by atoms with Gasteiger partial charge in [-0.3, -0.25) is 0 Å². The topological polar surface area (TPSA) is 74.8 Å². The van der Waals surface area contributed by atoms with Crippen LogP contribution in [0.15, 0.2) is 52.0 Å². The summed E-state index contributed by atoms with van der Waals surface area (Å²) in [6.45, 7) is 0. The maximum atomic E-state index is 8.42. The van der Waals surface area contributed by atoms with E-state index in [9.17, 15) is 0 Å². The van der Waals surface area contributed by atoms with Gasteiger partial charge >= 0.3 is 0 Å². The largest absolute Gasteiger partial charge is 0.436 e. The third kappa shape index (κ3) is 2.40. The second-order valence-electron chi connectivity index (χ2n) is 3.87. The molecule has 0 spiro atoms. The van der Waals surface area contributed by atoms with Gasteiger partial charge in [0.15, 0.2) is 5.58 Å². The van der Waals surface area contributed by atoms with Gasteiger partial charge in [0.05, 0.1) is 0 Å². The van der Waals surface area contributed by atoms with Crippen molar-refractivity contribution in [1.82, 2.24) is 4.98 Å². The van der Waals surface area contributed by atoms with Crippen LogP contribution in [0.5, 0.6) is 0 Å². The Hall–Kier alpha value is -2.05. The van der Waals surface area contributed by atoms with Crippen molar-refractivity contribution in [1.29, 1.82) is 0 Å². The number of nitrogens with zero attached hydrogens (tertiary/aromatic N) is 4. The van der Waals surface area contributed by atoms with Crippen LogP contribution in [0.4, 0.5) is 5.69 Å². The van der Waals surface area contributed by atoms with Crippen LogP contribution in [0.1, 0.15) is 0 Å². The van der Waals surface area contributed by atoms with Crippen molar-refractivity contribution in [2.24, 2.45) is 5.11 Å². The summed E-state index contributed by atoms with van der Waals surface area (Å²) in [7, 11) is 0. The first-order chi connectivity index (χ1) is 9.26. The van der Waals surface area contributed by atoms with Gasteiger partial charge in [0.2, 0.25) is 5.89 Å². The van der Waals surface area contributed by atoms with Gasteiger partial charge in [0, 0.05) is 19.7 Å². The molecule has 19 heavy (non-hydrogen) atoms. The molecule has 0 unspecified atom stereocenters. The summed E-state index contributed by atoms with van der Waals surface area (Å²) in [5.74, 6) is 0.562. The second kappa shape index (κ2) is 4.91. The van der Waals surface area contributed by atoms with E-state index in [1.165, 1.54) is 0 Å². The minimum Gasteiger partial charge on any atom is -0.436 e. The Morgan fingerprint density at radius 2 is 2.11 bits per heavy atom. The molecule has 2 aromatic carbocycles. The second-order valence-corrected chi connectivity index (χ2v) is 5.12.